The molecule has 0 aliphatic carbocycles. The first-order valence-electron chi connectivity index (χ1n) is 11.0. The van der Waals surface area contributed by atoms with Gasteiger partial charge in [0.15, 0.2) is 5.75 Å². The zero-order chi connectivity index (χ0) is 26.6. The van der Waals surface area contributed by atoms with Crippen molar-refractivity contribution in [2.24, 2.45) is 0 Å². The quantitative estimate of drug-likeness (QED) is 0.276. The molecule has 0 unspecified atom stereocenters. The van der Waals surface area contributed by atoms with Gasteiger partial charge in [0, 0.05) is 11.3 Å². The number of ether oxygens (including phenoxy) is 1. The van der Waals surface area contributed by atoms with E-state index in [1.807, 2.05) is 6.07 Å². The van der Waals surface area contributed by atoms with Crippen LogP contribution in [0.3, 0.4) is 0 Å². The topological polar surface area (TPSA) is 84.5 Å². The van der Waals surface area contributed by atoms with Crippen LogP contribution in [0.15, 0.2) is 102 Å². The third-order valence-electron chi connectivity index (χ3n) is 5.31. The fourth-order valence-electron chi connectivity index (χ4n) is 3.44. The molecule has 10 heteroatoms. The Morgan fingerprint density at radius 3 is 2.27 bits per heavy atom. The molecule has 1 amide bonds. The third kappa shape index (κ3) is 6.28. The van der Waals surface area contributed by atoms with Crippen LogP contribution in [0.5, 0.6) is 11.5 Å². The monoisotopic (exact) mass is 526 g/mol. The second kappa shape index (κ2) is 10.4. The van der Waals surface area contributed by atoms with Crippen molar-refractivity contribution in [1.82, 2.24) is 0 Å². The van der Waals surface area contributed by atoms with Crippen molar-refractivity contribution in [3.63, 3.8) is 0 Å². The molecule has 0 saturated carbocycles. The van der Waals surface area contributed by atoms with E-state index in [0.717, 1.165) is 12.1 Å². The summed E-state index contributed by atoms with van der Waals surface area (Å²) in [6.07, 6.45) is -4.57. The molecular formula is C27H21F3N2O4S. The lowest BCUT2D eigenvalue weighted by Crippen LogP contribution is -2.17. The maximum Gasteiger partial charge on any atom is 0.416 e. The van der Waals surface area contributed by atoms with Crippen LogP contribution in [0.25, 0.3) is 0 Å². The van der Waals surface area contributed by atoms with Crippen molar-refractivity contribution < 1.29 is 31.1 Å². The highest BCUT2D eigenvalue weighted by Crippen LogP contribution is 2.32. The predicted octanol–water partition coefficient (Wildman–Crippen LogP) is 6.86. The minimum Gasteiger partial charge on any atom is -0.455 e. The molecule has 0 atom stereocenters. The number of halogens is 3. The summed E-state index contributed by atoms with van der Waals surface area (Å²) < 4.78 is 73.7. The molecule has 0 saturated heterocycles. The molecule has 4 aromatic rings. The van der Waals surface area contributed by atoms with Gasteiger partial charge in [-0.3, -0.25) is 9.52 Å². The molecule has 4 aromatic carbocycles. The van der Waals surface area contributed by atoms with Crippen LogP contribution >= 0.6 is 0 Å². The van der Waals surface area contributed by atoms with Gasteiger partial charge in [-0.1, -0.05) is 42.5 Å². The molecule has 0 bridgehead atoms. The van der Waals surface area contributed by atoms with Gasteiger partial charge in [-0.2, -0.15) is 13.2 Å². The predicted molar refractivity (Wildman–Crippen MR) is 134 cm³/mol. The smallest absolute Gasteiger partial charge is 0.416 e. The van der Waals surface area contributed by atoms with Gasteiger partial charge < -0.3 is 10.1 Å². The highest BCUT2D eigenvalue weighted by atomic mass is 32.2. The van der Waals surface area contributed by atoms with Crippen LogP contribution in [0.4, 0.5) is 24.5 Å². The van der Waals surface area contributed by atoms with Crippen LogP contribution in [0.1, 0.15) is 21.5 Å². The minimum atomic E-state index is -4.57. The zero-order valence-electron chi connectivity index (χ0n) is 19.4. The molecule has 0 radical (unpaired) electrons. The first-order valence-corrected chi connectivity index (χ1v) is 12.5. The number of benzene rings is 4. The van der Waals surface area contributed by atoms with E-state index in [9.17, 15) is 26.4 Å². The van der Waals surface area contributed by atoms with Gasteiger partial charge in [-0.05, 0) is 67.1 Å². The van der Waals surface area contributed by atoms with E-state index in [0.29, 0.717) is 11.3 Å². The number of carbonyl (C=O) groups is 1. The summed E-state index contributed by atoms with van der Waals surface area (Å²) in [6.45, 7) is 1.59. The van der Waals surface area contributed by atoms with Crippen LogP contribution in [0, 0.1) is 6.92 Å². The minimum absolute atomic E-state index is 0.00546. The highest BCUT2D eigenvalue weighted by Gasteiger charge is 2.30. The summed E-state index contributed by atoms with van der Waals surface area (Å²) in [7, 11) is -4.16. The summed E-state index contributed by atoms with van der Waals surface area (Å²) in [6, 6.07) is 23.4. The summed E-state index contributed by atoms with van der Waals surface area (Å²) in [5.41, 5.74) is -0.372. The number of amides is 1. The Labute approximate surface area is 211 Å². The molecule has 190 valence electrons. The molecule has 2 N–H and O–H groups in total. The maximum absolute atomic E-state index is 13.2. The molecule has 37 heavy (non-hydrogen) atoms. The summed E-state index contributed by atoms with van der Waals surface area (Å²) >= 11 is 0. The Morgan fingerprint density at radius 1 is 0.838 bits per heavy atom. The lowest BCUT2D eigenvalue weighted by atomic mass is 10.1. The average molecular weight is 527 g/mol. The van der Waals surface area contributed by atoms with Crippen molar-refractivity contribution in [2.45, 2.75) is 18.0 Å². The van der Waals surface area contributed by atoms with Crippen molar-refractivity contribution >= 4 is 27.3 Å². The molecule has 0 heterocycles. The standard InChI is InChI=1S/C27H21F3N2O4S/c1-18-14-15-22(17-23(18)26(33)31-20-9-7-8-19(16-20)27(28,29)30)37(34,35)32-24-12-5-6-13-25(24)36-21-10-3-2-4-11-21/h2-17,32H,1H3,(H,31,33). The largest absolute Gasteiger partial charge is 0.455 e. The van der Waals surface area contributed by atoms with Gasteiger partial charge in [0.25, 0.3) is 15.9 Å². The second-order valence-electron chi connectivity index (χ2n) is 8.03. The number of hydrogen-bond donors (Lipinski definition) is 2. The number of rotatable bonds is 7. The highest BCUT2D eigenvalue weighted by molar-refractivity contribution is 7.92. The van der Waals surface area contributed by atoms with Gasteiger partial charge in [0.05, 0.1) is 16.1 Å². The average Bonchev–Trinajstić information content (AvgIpc) is 2.85. The van der Waals surface area contributed by atoms with E-state index in [1.54, 1.807) is 49.4 Å². The summed E-state index contributed by atoms with van der Waals surface area (Å²) in [5.74, 6) is 0.0339. The fraction of sp³-hybridized carbons (Fsp3) is 0.0741. The Morgan fingerprint density at radius 2 is 1.54 bits per heavy atom. The normalized spacial score (nSPS) is 11.6. The number of alkyl halides is 3. The van der Waals surface area contributed by atoms with Gasteiger partial charge in [0.1, 0.15) is 5.75 Å². The Hall–Kier alpha value is -4.31. The number of nitrogens with one attached hydrogen (secondary N) is 2. The fourth-order valence-corrected chi connectivity index (χ4v) is 4.54. The Kier molecular flexibility index (Phi) is 7.21. The molecule has 0 aromatic heterocycles. The van der Waals surface area contributed by atoms with Gasteiger partial charge in [-0.15, -0.1) is 0 Å². The Bertz CT molecular complexity index is 1540. The van der Waals surface area contributed by atoms with Crippen molar-refractivity contribution in [1.29, 1.82) is 0 Å². The van der Waals surface area contributed by atoms with E-state index < -0.39 is 27.7 Å². The van der Waals surface area contributed by atoms with Crippen LogP contribution in [0.2, 0.25) is 0 Å². The van der Waals surface area contributed by atoms with Crippen molar-refractivity contribution in [3.05, 3.63) is 114 Å². The lowest BCUT2D eigenvalue weighted by Gasteiger charge is -2.15. The Balaban J connectivity index is 1.58. The van der Waals surface area contributed by atoms with Crippen molar-refractivity contribution in [3.8, 4) is 11.5 Å². The van der Waals surface area contributed by atoms with Crippen LogP contribution in [-0.2, 0) is 16.2 Å². The number of hydrogen-bond acceptors (Lipinski definition) is 4. The molecule has 0 aliphatic heterocycles. The first kappa shape index (κ1) is 25.8. The van der Waals surface area contributed by atoms with E-state index in [4.69, 9.17) is 4.74 Å². The maximum atomic E-state index is 13.2. The number of anilines is 2. The first-order chi connectivity index (χ1) is 17.5. The number of sulfonamides is 1. The zero-order valence-corrected chi connectivity index (χ0v) is 20.2. The van der Waals surface area contributed by atoms with Crippen molar-refractivity contribution in [2.75, 3.05) is 10.0 Å². The molecule has 0 spiro atoms. The molecule has 6 nitrogen and oxygen atoms in total. The van der Waals surface area contributed by atoms with E-state index in [2.05, 4.69) is 10.0 Å². The SMILES string of the molecule is Cc1ccc(S(=O)(=O)Nc2ccccc2Oc2ccccc2)cc1C(=O)Nc1cccc(C(F)(F)F)c1. The molecule has 4 rings (SSSR count). The van der Waals surface area contributed by atoms with Gasteiger partial charge in [-0.25, -0.2) is 8.42 Å². The van der Waals surface area contributed by atoms with E-state index >= 15 is 0 Å². The summed E-state index contributed by atoms with van der Waals surface area (Å²) in [5, 5.41) is 2.40. The number of para-hydroxylation sites is 3. The molecule has 0 fully saturated rings. The second-order valence-corrected chi connectivity index (χ2v) is 9.71. The third-order valence-corrected chi connectivity index (χ3v) is 6.68. The number of aryl methyl sites for hydroxylation is 1. The van der Waals surface area contributed by atoms with Crippen LogP contribution in [-0.4, -0.2) is 14.3 Å². The van der Waals surface area contributed by atoms with Gasteiger partial charge in [0.2, 0.25) is 0 Å². The summed E-state index contributed by atoms with van der Waals surface area (Å²) in [4.78, 5) is 12.7. The van der Waals surface area contributed by atoms with Crippen LogP contribution < -0.4 is 14.8 Å². The van der Waals surface area contributed by atoms with E-state index in [1.165, 1.54) is 36.4 Å². The molecule has 0 aliphatic rings. The van der Waals surface area contributed by atoms with E-state index in [-0.39, 0.29) is 27.6 Å². The molecular weight excluding hydrogens is 505 g/mol. The lowest BCUT2D eigenvalue weighted by molar-refractivity contribution is -0.137. The van der Waals surface area contributed by atoms with Gasteiger partial charge >= 0.3 is 6.18 Å². The number of carbonyl (C=O) groups excluding carboxylic acids is 1.